The van der Waals surface area contributed by atoms with Crippen LogP contribution in [-0.2, 0) is 30.3 Å². The van der Waals surface area contributed by atoms with Crippen molar-refractivity contribution in [2.24, 2.45) is 0 Å². The molecule has 0 aliphatic rings. The van der Waals surface area contributed by atoms with Crippen molar-refractivity contribution in [3.63, 3.8) is 0 Å². The molecule has 0 radical (unpaired) electrons. The van der Waals surface area contributed by atoms with Gasteiger partial charge in [-0.05, 0) is 69.0 Å². The van der Waals surface area contributed by atoms with Gasteiger partial charge in [-0.25, -0.2) is 4.79 Å². The molecule has 2 unspecified atom stereocenters. The first-order valence-electron chi connectivity index (χ1n) is 12.2. The molecule has 2 aromatic carbocycles. The van der Waals surface area contributed by atoms with Crippen molar-refractivity contribution in [1.29, 1.82) is 0 Å². The third-order valence-electron chi connectivity index (χ3n) is 5.83. The Bertz CT molecular complexity index is 1160. The maximum atomic E-state index is 13.8. The number of benzene rings is 2. The zero-order valence-corrected chi connectivity index (χ0v) is 23.0. The third kappa shape index (κ3) is 8.79. The van der Waals surface area contributed by atoms with Crippen molar-refractivity contribution in [3.8, 4) is 5.75 Å². The summed E-state index contributed by atoms with van der Waals surface area (Å²) in [5, 5.41) is 14.8. The van der Waals surface area contributed by atoms with E-state index in [0.29, 0.717) is 11.1 Å². The van der Waals surface area contributed by atoms with E-state index in [1.165, 1.54) is 31.2 Å². The van der Waals surface area contributed by atoms with Gasteiger partial charge >= 0.3 is 12.1 Å². The second-order valence-electron chi connectivity index (χ2n) is 10.1. The molecule has 0 heterocycles. The van der Waals surface area contributed by atoms with Gasteiger partial charge in [0, 0.05) is 13.5 Å². The van der Waals surface area contributed by atoms with Crippen LogP contribution in [0.25, 0.3) is 0 Å². The number of ether oxygens (including phenoxy) is 2. The minimum Gasteiger partial charge on any atom is -0.508 e. The van der Waals surface area contributed by atoms with Crippen molar-refractivity contribution < 1.29 is 33.8 Å². The highest BCUT2D eigenvalue weighted by Crippen LogP contribution is 2.24. The molecule has 10 heteroatoms. The van der Waals surface area contributed by atoms with Crippen molar-refractivity contribution >= 4 is 23.9 Å². The largest absolute Gasteiger partial charge is 0.508 e. The monoisotopic (exact) mass is 527 g/mol. The van der Waals surface area contributed by atoms with Crippen LogP contribution in [0.5, 0.6) is 5.75 Å². The number of aryl methyl sites for hydroxylation is 2. The molecule has 10 nitrogen and oxygen atoms in total. The van der Waals surface area contributed by atoms with Gasteiger partial charge in [-0.1, -0.05) is 30.3 Å². The molecule has 0 aliphatic heterocycles. The number of nitrogens with zero attached hydrogens (tertiary/aromatic N) is 1. The summed E-state index contributed by atoms with van der Waals surface area (Å²) in [4.78, 5) is 52.6. The average molecular weight is 528 g/mol. The van der Waals surface area contributed by atoms with Crippen molar-refractivity contribution in [2.45, 2.75) is 58.7 Å². The normalized spacial score (nSPS) is 12.6. The fraction of sp³-hybridized carbons (Fsp3) is 0.429. The fourth-order valence-corrected chi connectivity index (χ4v) is 3.70. The van der Waals surface area contributed by atoms with E-state index >= 15 is 0 Å². The molecule has 38 heavy (non-hydrogen) atoms. The van der Waals surface area contributed by atoms with Crippen LogP contribution in [0.4, 0.5) is 4.79 Å². The summed E-state index contributed by atoms with van der Waals surface area (Å²) in [6.07, 6.45) is -0.715. The van der Waals surface area contributed by atoms with Crippen LogP contribution >= 0.6 is 0 Å². The van der Waals surface area contributed by atoms with E-state index in [1.54, 1.807) is 45.0 Å². The van der Waals surface area contributed by atoms with Crippen LogP contribution < -0.4 is 10.6 Å². The van der Waals surface area contributed by atoms with Crippen LogP contribution in [0.3, 0.4) is 0 Å². The predicted octanol–water partition coefficient (Wildman–Crippen LogP) is 2.93. The first-order valence-corrected chi connectivity index (χ1v) is 12.2. The van der Waals surface area contributed by atoms with Gasteiger partial charge in [0.2, 0.25) is 11.8 Å². The minimum absolute atomic E-state index is 0.0610. The Balaban J connectivity index is 2.43. The molecule has 0 aromatic heterocycles. The number of carbonyl (C=O) groups excluding carboxylic acids is 4. The lowest BCUT2D eigenvalue weighted by molar-refractivity contribution is -0.143. The van der Waals surface area contributed by atoms with E-state index in [-0.39, 0.29) is 18.7 Å². The lowest BCUT2D eigenvalue weighted by Crippen LogP contribution is -2.52. The number of hydrogen-bond acceptors (Lipinski definition) is 7. The summed E-state index contributed by atoms with van der Waals surface area (Å²) in [6, 6.07) is 9.42. The van der Waals surface area contributed by atoms with Gasteiger partial charge in [-0.3, -0.25) is 14.4 Å². The summed E-state index contributed by atoms with van der Waals surface area (Å²) in [6.45, 7) is 8.57. The third-order valence-corrected chi connectivity index (χ3v) is 5.83. The van der Waals surface area contributed by atoms with E-state index in [9.17, 15) is 24.3 Å². The number of amides is 3. The zero-order chi connectivity index (χ0) is 28.6. The molecule has 2 rings (SSSR count). The highest BCUT2D eigenvalue weighted by molar-refractivity contribution is 5.93. The maximum absolute atomic E-state index is 13.8. The molecule has 0 bridgehead atoms. The zero-order valence-electron chi connectivity index (χ0n) is 23.0. The number of carbonyl (C=O) groups is 4. The van der Waals surface area contributed by atoms with Gasteiger partial charge in [-0.15, -0.1) is 0 Å². The molecule has 0 aliphatic carbocycles. The molecule has 2 aromatic rings. The Morgan fingerprint density at radius 2 is 1.63 bits per heavy atom. The van der Waals surface area contributed by atoms with Crippen LogP contribution in [0, 0.1) is 13.8 Å². The second kappa shape index (κ2) is 12.9. The molecule has 0 saturated carbocycles. The summed E-state index contributed by atoms with van der Waals surface area (Å²) in [5.41, 5.74) is 2.34. The first kappa shape index (κ1) is 30.1. The Kier molecular flexibility index (Phi) is 10.3. The number of aromatic hydroxyl groups is 1. The summed E-state index contributed by atoms with van der Waals surface area (Å²) >= 11 is 0. The van der Waals surface area contributed by atoms with E-state index in [1.807, 2.05) is 19.9 Å². The molecule has 206 valence electrons. The Morgan fingerprint density at radius 3 is 2.18 bits per heavy atom. The second-order valence-corrected chi connectivity index (χ2v) is 10.1. The van der Waals surface area contributed by atoms with Crippen molar-refractivity contribution in [3.05, 3.63) is 64.7 Å². The fourth-order valence-electron chi connectivity index (χ4n) is 3.70. The SMILES string of the molecule is COC(=O)CNC(=O)C(c1ccc(C)c(C)c1)N(C)C(=O)C(Cc1ccc(O)cc1)NC(=O)OC(C)(C)C. The van der Waals surface area contributed by atoms with E-state index < -0.39 is 41.6 Å². The molecular formula is C28H37N3O7. The molecule has 3 amide bonds. The number of methoxy groups -OCH3 is 1. The number of rotatable bonds is 9. The molecule has 2 atom stereocenters. The van der Waals surface area contributed by atoms with Gasteiger partial charge in [-0.2, -0.15) is 0 Å². The predicted molar refractivity (Wildman–Crippen MR) is 141 cm³/mol. The number of likely N-dealkylation sites (N-methyl/N-ethyl adjacent to an activating group) is 1. The van der Waals surface area contributed by atoms with Crippen LogP contribution in [-0.4, -0.2) is 66.2 Å². The topological polar surface area (TPSA) is 134 Å². The van der Waals surface area contributed by atoms with Gasteiger partial charge < -0.3 is 30.1 Å². The van der Waals surface area contributed by atoms with E-state index in [2.05, 4.69) is 15.4 Å². The summed E-state index contributed by atoms with van der Waals surface area (Å²) < 4.78 is 9.97. The Morgan fingerprint density at radius 1 is 1.00 bits per heavy atom. The first-order chi connectivity index (χ1) is 17.7. The van der Waals surface area contributed by atoms with Crippen LogP contribution in [0.2, 0.25) is 0 Å². The lowest BCUT2D eigenvalue weighted by Gasteiger charge is -2.32. The quantitative estimate of drug-likeness (QED) is 0.427. The molecule has 0 saturated heterocycles. The Labute approximate surface area is 223 Å². The summed E-state index contributed by atoms with van der Waals surface area (Å²) in [7, 11) is 2.67. The van der Waals surface area contributed by atoms with Crippen LogP contribution in [0.15, 0.2) is 42.5 Å². The number of phenols is 1. The molecule has 0 spiro atoms. The van der Waals surface area contributed by atoms with Crippen molar-refractivity contribution in [2.75, 3.05) is 20.7 Å². The lowest BCUT2D eigenvalue weighted by atomic mass is 9.98. The Hall–Kier alpha value is -4.08. The maximum Gasteiger partial charge on any atom is 0.408 e. The smallest absolute Gasteiger partial charge is 0.408 e. The molecular weight excluding hydrogens is 490 g/mol. The number of nitrogens with one attached hydrogen (secondary N) is 2. The van der Waals surface area contributed by atoms with Gasteiger partial charge in [0.25, 0.3) is 0 Å². The molecule has 3 N–H and O–H groups in total. The van der Waals surface area contributed by atoms with E-state index in [4.69, 9.17) is 4.74 Å². The van der Waals surface area contributed by atoms with Gasteiger partial charge in [0.1, 0.15) is 30.0 Å². The number of esters is 1. The number of hydrogen-bond donors (Lipinski definition) is 3. The molecule has 0 fully saturated rings. The minimum atomic E-state index is -1.10. The highest BCUT2D eigenvalue weighted by Gasteiger charge is 2.34. The average Bonchev–Trinajstić information content (AvgIpc) is 2.84. The van der Waals surface area contributed by atoms with Gasteiger partial charge in [0.05, 0.1) is 7.11 Å². The number of phenolic OH excluding ortho intramolecular Hbond substituents is 1. The van der Waals surface area contributed by atoms with Gasteiger partial charge in [0.15, 0.2) is 0 Å². The number of alkyl carbamates (subject to hydrolysis) is 1. The highest BCUT2D eigenvalue weighted by atomic mass is 16.6. The standard InChI is InChI=1S/C28H37N3O7/c1-17-8-11-20(14-18(17)2)24(25(34)29-16-23(33)37-7)31(6)26(35)22(30-27(36)38-28(3,4)5)15-19-9-12-21(32)13-10-19/h8-14,22,24,32H,15-16H2,1-7H3,(H,29,34)(H,30,36). The van der Waals surface area contributed by atoms with E-state index in [0.717, 1.165) is 11.1 Å². The van der Waals surface area contributed by atoms with Crippen molar-refractivity contribution in [1.82, 2.24) is 15.5 Å². The summed E-state index contributed by atoms with van der Waals surface area (Å²) in [5.74, 6) is -1.72. The van der Waals surface area contributed by atoms with Crippen LogP contribution in [0.1, 0.15) is 49.1 Å².